The molecule has 5 nitrogen and oxygen atoms in total. The molecule has 3 aromatic rings. The first kappa shape index (κ1) is 19.4. The predicted molar refractivity (Wildman–Crippen MR) is 113 cm³/mol. The molecule has 0 bridgehead atoms. The number of amides is 1. The highest BCUT2D eigenvalue weighted by Crippen LogP contribution is 2.25. The minimum Gasteiger partial charge on any atom is -0.370 e. The minimum atomic E-state index is -0.209. The van der Waals surface area contributed by atoms with E-state index in [1.54, 1.807) is 0 Å². The van der Waals surface area contributed by atoms with Crippen LogP contribution in [0.1, 0.15) is 52.2 Å². The summed E-state index contributed by atoms with van der Waals surface area (Å²) in [6, 6.07) is 18.1. The number of ether oxygens (including phenoxy) is 1. The molecule has 0 spiro atoms. The number of hydrogen-bond acceptors (Lipinski definition) is 3. The maximum Gasteiger partial charge on any atom is 0.251 e. The largest absolute Gasteiger partial charge is 0.370 e. The van der Waals surface area contributed by atoms with E-state index in [0.717, 1.165) is 31.5 Å². The van der Waals surface area contributed by atoms with Gasteiger partial charge >= 0.3 is 0 Å². The molecule has 0 radical (unpaired) electrons. The lowest BCUT2D eigenvalue weighted by Crippen LogP contribution is -2.31. The van der Waals surface area contributed by atoms with Gasteiger partial charge in [-0.1, -0.05) is 55.8 Å². The minimum absolute atomic E-state index is 0.0764. The second kappa shape index (κ2) is 9.05. The molecular formula is C24H27N3O2. The Morgan fingerprint density at radius 3 is 2.69 bits per heavy atom. The first-order chi connectivity index (χ1) is 14.2. The zero-order valence-electron chi connectivity index (χ0n) is 16.8. The van der Waals surface area contributed by atoms with E-state index in [2.05, 4.69) is 30.6 Å². The summed E-state index contributed by atoms with van der Waals surface area (Å²) in [6.45, 7) is 3.96. The second-order valence-electron chi connectivity index (χ2n) is 7.49. The van der Waals surface area contributed by atoms with Gasteiger partial charge in [-0.05, 0) is 41.7 Å². The van der Waals surface area contributed by atoms with Crippen LogP contribution >= 0.6 is 0 Å². The van der Waals surface area contributed by atoms with Gasteiger partial charge in [-0.2, -0.15) is 5.10 Å². The van der Waals surface area contributed by atoms with Crippen LogP contribution in [-0.4, -0.2) is 28.8 Å². The van der Waals surface area contributed by atoms with Crippen molar-refractivity contribution in [2.75, 3.05) is 13.2 Å². The number of carbonyl (C=O) groups is 1. The summed E-state index contributed by atoms with van der Waals surface area (Å²) in [4.78, 5) is 12.5. The van der Waals surface area contributed by atoms with Gasteiger partial charge in [0.15, 0.2) is 0 Å². The highest BCUT2D eigenvalue weighted by Gasteiger charge is 2.25. The molecule has 1 N–H and O–H groups in total. The number of aryl methyl sites for hydroxylation is 1. The van der Waals surface area contributed by atoms with Gasteiger partial charge in [0.05, 0.1) is 18.8 Å². The molecule has 1 aliphatic rings. The van der Waals surface area contributed by atoms with E-state index in [1.165, 1.54) is 16.7 Å². The van der Waals surface area contributed by atoms with E-state index in [-0.39, 0.29) is 12.0 Å². The smallest absolute Gasteiger partial charge is 0.251 e. The van der Waals surface area contributed by atoms with Crippen LogP contribution in [0.3, 0.4) is 0 Å². The van der Waals surface area contributed by atoms with Crippen molar-refractivity contribution in [1.29, 1.82) is 0 Å². The maximum atomic E-state index is 12.5. The van der Waals surface area contributed by atoms with Gasteiger partial charge in [-0.15, -0.1) is 0 Å². The first-order valence-electron chi connectivity index (χ1n) is 10.3. The Labute approximate surface area is 171 Å². The van der Waals surface area contributed by atoms with Crippen LogP contribution in [0.5, 0.6) is 0 Å². The molecule has 1 aromatic heterocycles. The summed E-state index contributed by atoms with van der Waals surface area (Å²) in [5.74, 6) is -0.0764. The average Bonchev–Trinajstić information content (AvgIpc) is 3.16. The van der Waals surface area contributed by atoms with E-state index in [1.807, 2.05) is 47.1 Å². The van der Waals surface area contributed by atoms with Gasteiger partial charge in [-0.25, -0.2) is 0 Å². The molecule has 1 atom stereocenters. The molecule has 0 fully saturated rings. The van der Waals surface area contributed by atoms with Crippen molar-refractivity contribution < 1.29 is 9.53 Å². The van der Waals surface area contributed by atoms with E-state index in [0.29, 0.717) is 18.7 Å². The standard InChI is InChI=1S/C24H27N3O2/c1-2-6-18-9-11-20(12-10-18)24(28)25-15-22-23-21(13-14-29-22)17-27(26-23)16-19-7-4-3-5-8-19/h3-5,7-12,17,22H,2,6,13-16H2,1H3,(H,25,28)/t22-/m0/s1. The lowest BCUT2D eigenvalue weighted by Gasteiger charge is -2.22. The molecular weight excluding hydrogens is 362 g/mol. The van der Waals surface area contributed by atoms with Crippen molar-refractivity contribution in [1.82, 2.24) is 15.1 Å². The number of benzene rings is 2. The number of carbonyl (C=O) groups excluding carboxylic acids is 1. The average molecular weight is 389 g/mol. The normalized spacial score (nSPS) is 15.7. The van der Waals surface area contributed by atoms with Crippen LogP contribution < -0.4 is 5.32 Å². The van der Waals surface area contributed by atoms with Crippen LogP contribution in [0.4, 0.5) is 0 Å². The third-order valence-electron chi connectivity index (χ3n) is 5.26. The zero-order chi connectivity index (χ0) is 20.1. The number of hydrogen-bond donors (Lipinski definition) is 1. The Hall–Kier alpha value is -2.92. The number of rotatable bonds is 7. The Morgan fingerprint density at radius 1 is 1.14 bits per heavy atom. The molecule has 0 unspecified atom stereocenters. The summed E-state index contributed by atoms with van der Waals surface area (Å²) in [5.41, 5.74) is 5.29. The van der Waals surface area contributed by atoms with E-state index < -0.39 is 0 Å². The van der Waals surface area contributed by atoms with Crippen molar-refractivity contribution in [3.63, 3.8) is 0 Å². The Kier molecular flexibility index (Phi) is 6.06. The Balaban J connectivity index is 1.39. The van der Waals surface area contributed by atoms with Crippen molar-refractivity contribution in [2.45, 2.75) is 38.8 Å². The lowest BCUT2D eigenvalue weighted by molar-refractivity contribution is 0.0383. The van der Waals surface area contributed by atoms with Gasteiger partial charge in [0.25, 0.3) is 5.91 Å². The maximum absolute atomic E-state index is 12.5. The van der Waals surface area contributed by atoms with E-state index >= 15 is 0 Å². The second-order valence-corrected chi connectivity index (χ2v) is 7.49. The molecule has 0 saturated heterocycles. The van der Waals surface area contributed by atoms with Crippen LogP contribution in [0.15, 0.2) is 60.8 Å². The van der Waals surface area contributed by atoms with E-state index in [9.17, 15) is 4.79 Å². The quantitative estimate of drug-likeness (QED) is 0.666. The third kappa shape index (κ3) is 4.74. The van der Waals surface area contributed by atoms with E-state index in [4.69, 9.17) is 9.84 Å². The summed E-state index contributed by atoms with van der Waals surface area (Å²) < 4.78 is 7.88. The molecule has 0 aliphatic carbocycles. The molecule has 5 heteroatoms. The lowest BCUT2D eigenvalue weighted by atomic mass is 10.1. The van der Waals surface area contributed by atoms with Crippen molar-refractivity contribution in [3.05, 3.63) is 88.7 Å². The molecule has 4 rings (SSSR count). The summed E-state index contributed by atoms with van der Waals surface area (Å²) >= 11 is 0. The fourth-order valence-electron chi connectivity index (χ4n) is 3.74. The molecule has 150 valence electrons. The Morgan fingerprint density at radius 2 is 1.93 bits per heavy atom. The summed E-state index contributed by atoms with van der Waals surface area (Å²) in [7, 11) is 0. The topological polar surface area (TPSA) is 56.1 Å². The monoisotopic (exact) mass is 389 g/mol. The Bertz CT molecular complexity index is 948. The van der Waals surface area contributed by atoms with Crippen LogP contribution in [-0.2, 0) is 24.1 Å². The van der Waals surface area contributed by atoms with Crippen LogP contribution in [0.2, 0.25) is 0 Å². The van der Waals surface area contributed by atoms with Gasteiger partial charge in [0.2, 0.25) is 0 Å². The van der Waals surface area contributed by atoms with Gasteiger partial charge in [-0.3, -0.25) is 9.48 Å². The van der Waals surface area contributed by atoms with Gasteiger partial charge < -0.3 is 10.1 Å². The zero-order valence-corrected chi connectivity index (χ0v) is 16.8. The molecule has 1 amide bonds. The summed E-state index contributed by atoms with van der Waals surface area (Å²) in [5, 5.41) is 7.76. The van der Waals surface area contributed by atoms with Crippen molar-refractivity contribution in [2.24, 2.45) is 0 Å². The molecule has 2 heterocycles. The summed E-state index contributed by atoms with van der Waals surface area (Å²) in [6.07, 6.45) is 4.88. The van der Waals surface area contributed by atoms with Gasteiger partial charge in [0, 0.05) is 18.3 Å². The van der Waals surface area contributed by atoms with Crippen LogP contribution in [0.25, 0.3) is 0 Å². The predicted octanol–water partition coefficient (Wildman–Crippen LogP) is 3.93. The molecule has 2 aromatic carbocycles. The highest BCUT2D eigenvalue weighted by molar-refractivity contribution is 5.94. The van der Waals surface area contributed by atoms with Gasteiger partial charge in [0.1, 0.15) is 6.10 Å². The highest BCUT2D eigenvalue weighted by atomic mass is 16.5. The third-order valence-corrected chi connectivity index (χ3v) is 5.26. The SMILES string of the molecule is CCCc1ccc(C(=O)NC[C@@H]2OCCc3cn(Cc4ccccc4)nc32)cc1. The fourth-order valence-corrected chi connectivity index (χ4v) is 3.74. The van der Waals surface area contributed by atoms with Crippen molar-refractivity contribution in [3.8, 4) is 0 Å². The number of aromatic nitrogens is 2. The fraction of sp³-hybridized carbons (Fsp3) is 0.333. The molecule has 0 saturated carbocycles. The van der Waals surface area contributed by atoms with Crippen molar-refractivity contribution >= 4 is 5.91 Å². The number of nitrogens with zero attached hydrogens (tertiary/aromatic N) is 2. The molecule has 29 heavy (non-hydrogen) atoms. The number of nitrogens with one attached hydrogen (secondary N) is 1. The van der Waals surface area contributed by atoms with Crippen LogP contribution in [0, 0.1) is 0 Å². The number of fused-ring (bicyclic) bond motifs is 1. The molecule has 1 aliphatic heterocycles. The first-order valence-corrected chi connectivity index (χ1v) is 10.3.